The third-order valence-corrected chi connectivity index (χ3v) is 7.06. The fraction of sp³-hybridized carbons (Fsp3) is 0.700. The summed E-state index contributed by atoms with van der Waals surface area (Å²) in [7, 11) is -1.81. The van der Waals surface area contributed by atoms with Crippen molar-refractivity contribution in [3.8, 4) is 5.88 Å². The molecule has 156 valence electrons. The molecule has 2 fully saturated rings. The molecule has 3 rings (SSSR count). The van der Waals surface area contributed by atoms with Gasteiger partial charge in [-0.15, -0.1) is 0 Å². The topological polar surface area (TPSA) is 79.8 Å². The third-order valence-electron chi connectivity index (χ3n) is 5.85. The molecule has 1 aliphatic heterocycles. The van der Waals surface area contributed by atoms with Crippen LogP contribution in [0.25, 0.3) is 0 Å². The van der Waals surface area contributed by atoms with Gasteiger partial charge in [0.25, 0.3) is 0 Å². The van der Waals surface area contributed by atoms with Gasteiger partial charge in [0.2, 0.25) is 21.8 Å². The lowest BCUT2D eigenvalue weighted by atomic mass is 9.86. The number of carbonyl (C=O) groups is 1. The molecule has 0 bridgehead atoms. The first-order valence-corrected chi connectivity index (χ1v) is 12.0. The van der Waals surface area contributed by atoms with E-state index in [-0.39, 0.29) is 12.0 Å². The number of sulfonamides is 1. The summed E-state index contributed by atoms with van der Waals surface area (Å²) in [5.74, 6) is 1.34. The van der Waals surface area contributed by atoms with E-state index in [4.69, 9.17) is 4.74 Å². The molecule has 1 saturated heterocycles. The lowest BCUT2D eigenvalue weighted by molar-refractivity contribution is -0.134. The van der Waals surface area contributed by atoms with Gasteiger partial charge in [-0.05, 0) is 24.8 Å². The van der Waals surface area contributed by atoms with Gasteiger partial charge in [0.1, 0.15) is 6.10 Å². The van der Waals surface area contributed by atoms with Crippen LogP contribution in [0.15, 0.2) is 18.3 Å². The predicted octanol–water partition coefficient (Wildman–Crippen LogP) is 2.82. The molecule has 0 N–H and O–H groups in total. The molecule has 1 amide bonds. The van der Waals surface area contributed by atoms with Crippen molar-refractivity contribution in [3.63, 3.8) is 0 Å². The van der Waals surface area contributed by atoms with E-state index in [0.717, 1.165) is 32.2 Å². The first-order valence-electron chi connectivity index (χ1n) is 10.2. The Kier molecular flexibility index (Phi) is 6.80. The van der Waals surface area contributed by atoms with Crippen molar-refractivity contribution in [3.05, 3.63) is 18.3 Å². The Morgan fingerprint density at radius 3 is 2.43 bits per heavy atom. The zero-order valence-corrected chi connectivity index (χ0v) is 17.7. The number of pyridine rings is 1. The van der Waals surface area contributed by atoms with Crippen molar-refractivity contribution >= 4 is 21.6 Å². The number of amides is 1. The first-order chi connectivity index (χ1) is 13.3. The van der Waals surface area contributed by atoms with Gasteiger partial charge in [-0.2, -0.15) is 0 Å². The molecule has 1 saturated carbocycles. The Morgan fingerprint density at radius 2 is 1.86 bits per heavy atom. The van der Waals surface area contributed by atoms with Crippen LogP contribution >= 0.6 is 0 Å². The lowest BCUT2D eigenvalue weighted by Crippen LogP contribution is -2.42. The van der Waals surface area contributed by atoms with Crippen LogP contribution in [0.5, 0.6) is 5.88 Å². The van der Waals surface area contributed by atoms with Gasteiger partial charge in [0, 0.05) is 45.5 Å². The standard InChI is InChI=1S/C20H31N3O4S/c1-22(28(2,25)26)17-8-9-19(21-15-17)27-18-10-12-23(13-11-18)20(24)14-16-6-4-3-5-7-16/h8-9,15-16,18H,3-7,10-14H2,1-2H3. The summed E-state index contributed by atoms with van der Waals surface area (Å²) >= 11 is 0. The van der Waals surface area contributed by atoms with E-state index in [9.17, 15) is 13.2 Å². The van der Waals surface area contributed by atoms with Crippen LogP contribution in [0, 0.1) is 5.92 Å². The maximum absolute atomic E-state index is 12.5. The summed E-state index contributed by atoms with van der Waals surface area (Å²) in [5.41, 5.74) is 0.498. The fourth-order valence-corrected chi connectivity index (χ4v) is 4.47. The third kappa shape index (κ3) is 5.59. The molecular weight excluding hydrogens is 378 g/mol. The number of hydrogen-bond donors (Lipinski definition) is 0. The maximum atomic E-state index is 12.5. The van der Waals surface area contributed by atoms with E-state index >= 15 is 0 Å². The number of carbonyl (C=O) groups excluding carboxylic acids is 1. The summed E-state index contributed by atoms with van der Waals surface area (Å²) in [6.07, 6.45) is 11.2. The molecule has 1 aliphatic carbocycles. The van der Waals surface area contributed by atoms with Crippen LogP contribution < -0.4 is 9.04 Å². The molecule has 0 atom stereocenters. The summed E-state index contributed by atoms with van der Waals surface area (Å²) in [5, 5.41) is 0. The van der Waals surface area contributed by atoms with Crippen LogP contribution in [0.1, 0.15) is 51.4 Å². The molecule has 8 heteroatoms. The smallest absolute Gasteiger partial charge is 0.232 e. The van der Waals surface area contributed by atoms with Crippen molar-refractivity contribution < 1.29 is 17.9 Å². The Morgan fingerprint density at radius 1 is 1.18 bits per heavy atom. The van der Waals surface area contributed by atoms with Crippen molar-refractivity contribution in [1.29, 1.82) is 0 Å². The Hall–Kier alpha value is -1.83. The largest absolute Gasteiger partial charge is 0.474 e. The van der Waals surface area contributed by atoms with E-state index in [1.165, 1.54) is 49.7 Å². The van der Waals surface area contributed by atoms with Gasteiger partial charge in [-0.3, -0.25) is 9.10 Å². The number of rotatable bonds is 6. The van der Waals surface area contributed by atoms with Gasteiger partial charge in [-0.25, -0.2) is 13.4 Å². The zero-order chi connectivity index (χ0) is 20.1. The van der Waals surface area contributed by atoms with Gasteiger partial charge >= 0.3 is 0 Å². The molecule has 28 heavy (non-hydrogen) atoms. The molecule has 0 radical (unpaired) electrons. The highest BCUT2D eigenvalue weighted by molar-refractivity contribution is 7.92. The Balaban J connectivity index is 1.45. The zero-order valence-electron chi connectivity index (χ0n) is 16.8. The quantitative estimate of drug-likeness (QED) is 0.722. The van der Waals surface area contributed by atoms with Crippen LogP contribution in [0.2, 0.25) is 0 Å². The van der Waals surface area contributed by atoms with Crippen LogP contribution in [0.3, 0.4) is 0 Å². The molecule has 2 heterocycles. The molecule has 0 spiro atoms. The van der Waals surface area contributed by atoms with Crippen molar-refractivity contribution in [2.45, 2.75) is 57.5 Å². The average Bonchev–Trinajstić information content (AvgIpc) is 2.68. The SMILES string of the molecule is CN(c1ccc(OC2CCN(C(=O)CC3CCCCC3)CC2)nc1)S(C)(=O)=O. The molecule has 2 aliphatic rings. The Labute approximate surface area is 168 Å². The van der Waals surface area contributed by atoms with Gasteiger partial charge in [0.15, 0.2) is 0 Å². The monoisotopic (exact) mass is 409 g/mol. The fourth-order valence-electron chi connectivity index (χ4n) is 3.98. The number of ether oxygens (including phenoxy) is 1. The second kappa shape index (κ2) is 9.11. The predicted molar refractivity (Wildman–Crippen MR) is 109 cm³/mol. The second-order valence-electron chi connectivity index (χ2n) is 7.99. The molecular formula is C20H31N3O4S. The second-order valence-corrected chi connectivity index (χ2v) is 10.0. The number of hydrogen-bond acceptors (Lipinski definition) is 5. The number of likely N-dealkylation sites (tertiary alicyclic amines) is 1. The van der Waals surface area contributed by atoms with Gasteiger partial charge in [-0.1, -0.05) is 19.3 Å². The maximum Gasteiger partial charge on any atom is 0.232 e. The normalized spacial score (nSPS) is 19.4. The number of anilines is 1. The molecule has 1 aromatic heterocycles. The van der Waals surface area contributed by atoms with Crippen LogP contribution in [0.4, 0.5) is 5.69 Å². The number of nitrogens with zero attached hydrogens (tertiary/aromatic N) is 3. The first kappa shape index (κ1) is 20.9. The number of piperidine rings is 1. The summed E-state index contributed by atoms with van der Waals surface area (Å²) in [6, 6.07) is 3.38. The number of aromatic nitrogens is 1. The van der Waals surface area contributed by atoms with Crippen molar-refractivity contribution in [2.75, 3.05) is 30.7 Å². The van der Waals surface area contributed by atoms with E-state index in [0.29, 0.717) is 23.9 Å². The van der Waals surface area contributed by atoms with E-state index in [1.807, 2.05) is 4.90 Å². The van der Waals surface area contributed by atoms with Crippen molar-refractivity contribution in [2.24, 2.45) is 5.92 Å². The minimum atomic E-state index is -3.31. The highest BCUT2D eigenvalue weighted by Gasteiger charge is 2.26. The lowest BCUT2D eigenvalue weighted by Gasteiger charge is -2.33. The summed E-state index contributed by atoms with van der Waals surface area (Å²) in [4.78, 5) is 18.7. The Bertz CT molecular complexity index is 752. The minimum Gasteiger partial charge on any atom is -0.474 e. The van der Waals surface area contributed by atoms with E-state index < -0.39 is 10.0 Å². The van der Waals surface area contributed by atoms with Crippen molar-refractivity contribution in [1.82, 2.24) is 9.88 Å². The van der Waals surface area contributed by atoms with Gasteiger partial charge in [0.05, 0.1) is 18.1 Å². The molecule has 1 aromatic rings. The molecule has 0 unspecified atom stereocenters. The van der Waals surface area contributed by atoms with Crippen LogP contribution in [-0.2, 0) is 14.8 Å². The summed E-state index contributed by atoms with van der Waals surface area (Å²) in [6.45, 7) is 1.45. The molecule has 0 aromatic carbocycles. The van der Waals surface area contributed by atoms with Gasteiger partial charge < -0.3 is 9.64 Å². The van der Waals surface area contributed by atoms with E-state index in [2.05, 4.69) is 4.98 Å². The molecule has 7 nitrogen and oxygen atoms in total. The highest BCUT2D eigenvalue weighted by atomic mass is 32.2. The highest BCUT2D eigenvalue weighted by Crippen LogP contribution is 2.28. The minimum absolute atomic E-state index is 0.0321. The average molecular weight is 410 g/mol. The van der Waals surface area contributed by atoms with Crippen LogP contribution in [-0.4, -0.2) is 56.7 Å². The van der Waals surface area contributed by atoms with E-state index in [1.54, 1.807) is 12.1 Å². The summed E-state index contributed by atoms with van der Waals surface area (Å²) < 4.78 is 30.3.